The maximum Gasteiger partial charge on any atom is 0.125 e. The van der Waals surface area contributed by atoms with Crippen LogP contribution in [-0.4, -0.2) is 5.54 Å². The minimum Gasteiger partial charge on any atom is -0.367 e. The van der Waals surface area contributed by atoms with Gasteiger partial charge in [-0.05, 0) is 50.7 Å². The molecule has 0 spiro atoms. The third kappa shape index (κ3) is 2.85. The third-order valence-corrected chi connectivity index (χ3v) is 4.19. The Labute approximate surface area is 110 Å². The Balaban J connectivity index is 2.06. The highest BCUT2D eigenvalue weighted by Crippen LogP contribution is 2.35. The number of hydrogen-bond donors (Lipinski definition) is 1. The van der Waals surface area contributed by atoms with Crippen molar-refractivity contribution in [3.63, 3.8) is 0 Å². The van der Waals surface area contributed by atoms with Gasteiger partial charge in [0.15, 0.2) is 0 Å². The van der Waals surface area contributed by atoms with E-state index in [1.807, 2.05) is 0 Å². The van der Waals surface area contributed by atoms with Crippen LogP contribution >= 0.6 is 0 Å². The van der Waals surface area contributed by atoms with Gasteiger partial charge >= 0.3 is 0 Å². The van der Waals surface area contributed by atoms with Gasteiger partial charge in [0.1, 0.15) is 5.54 Å². The van der Waals surface area contributed by atoms with Gasteiger partial charge in [-0.3, -0.25) is 0 Å². The van der Waals surface area contributed by atoms with Crippen LogP contribution in [0.5, 0.6) is 0 Å². The molecule has 1 fully saturated rings. The van der Waals surface area contributed by atoms with Crippen molar-refractivity contribution in [2.45, 2.75) is 51.5 Å². The molecule has 0 aliphatic heterocycles. The van der Waals surface area contributed by atoms with Crippen molar-refractivity contribution < 1.29 is 0 Å². The zero-order chi connectivity index (χ0) is 13.0. The number of nitriles is 1. The first kappa shape index (κ1) is 13.0. The first-order valence-electron chi connectivity index (χ1n) is 6.93. The van der Waals surface area contributed by atoms with Crippen LogP contribution in [0, 0.1) is 24.2 Å². The second kappa shape index (κ2) is 5.44. The molecule has 2 heteroatoms. The summed E-state index contributed by atoms with van der Waals surface area (Å²) in [5, 5.41) is 13.0. The van der Waals surface area contributed by atoms with Gasteiger partial charge in [0.25, 0.3) is 0 Å². The molecule has 1 aromatic rings. The molecular formula is C16H22N2. The van der Waals surface area contributed by atoms with E-state index < -0.39 is 0 Å². The summed E-state index contributed by atoms with van der Waals surface area (Å²) >= 11 is 0. The highest BCUT2D eigenvalue weighted by atomic mass is 15.0. The SMILES string of the molecule is CCC1CCC(C#N)(Nc2ccc(C)cc2)CC1. The first-order chi connectivity index (χ1) is 8.67. The summed E-state index contributed by atoms with van der Waals surface area (Å²) in [6, 6.07) is 10.8. The summed E-state index contributed by atoms with van der Waals surface area (Å²) in [6.45, 7) is 4.33. The van der Waals surface area contributed by atoms with Crippen molar-refractivity contribution >= 4 is 5.69 Å². The number of rotatable bonds is 3. The molecule has 0 aromatic heterocycles. The summed E-state index contributed by atoms with van der Waals surface area (Å²) in [5.41, 5.74) is 1.97. The van der Waals surface area contributed by atoms with E-state index in [2.05, 4.69) is 49.5 Å². The predicted molar refractivity (Wildman–Crippen MR) is 75.4 cm³/mol. The van der Waals surface area contributed by atoms with Crippen LogP contribution in [0.4, 0.5) is 5.69 Å². The normalized spacial score (nSPS) is 27.5. The van der Waals surface area contributed by atoms with Crippen molar-refractivity contribution in [3.8, 4) is 6.07 Å². The molecule has 1 aliphatic rings. The Bertz CT molecular complexity index is 419. The number of anilines is 1. The average molecular weight is 242 g/mol. The van der Waals surface area contributed by atoms with Crippen LogP contribution in [0.2, 0.25) is 0 Å². The minimum absolute atomic E-state index is 0.346. The maximum atomic E-state index is 9.50. The second-order valence-corrected chi connectivity index (χ2v) is 5.54. The molecule has 2 rings (SSSR count). The lowest BCUT2D eigenvalue weighted by Gasteiger charge is -2.36. The highest BCUT2D eigenvalue weighted by molar-refractivity contribution is 5.48. The molecule has 0 saturated heterocycles. The van der Waals surface area contributed by atoms with Crippen molar-refractivity contribution in [2.24, 2.45) is 5.92 Å². The van der Waals surface area contributed by atoms with Crippen molar-refractivity contribution in [2.75, 3.05) is 5.32 Å². The van der Waals surface area contributed by atoms with E-state index in [1.54, 1.807) is 0 Å². The van der Waals surface area contributed by atoms with Gasteiger partial charge in [0, 0.05) is 5.69 Å². The largest absolute Gasteiger partial charge is 0.367 e. The molecule has 0 heterocycles. The zero-order valence-electron chi connectivity index (χ0n) is 11.4. The predicted octanol–water partition coefficient (Wildman–Crippen LogP) is 4.27. The number of nitrogens with zero attached hydrogens (tertiary/aromatic N) is 1. The molecule has 2 nitrogen and oxygen atoms in total. The Morgan fingerprint density at radius 3 is 2.39 bits per heavy atom. The summed E-state index contributed by atoms with van der Waals surface area (Å²) in [4.78, 5) is 0. The molecule has 96 valence electrons. The van der Waals surface area contributed by atoms with Gasteiger partial charge in [-0.15, -0.1) is 0 Å². The molecule has 1 saturated carbocycles. The Hall–Kier alpha value is -1.49. The Morgan fingerprint density at radius 2 is 1.89 bits per heavy atom. The molecule has 1 N–H and O–H groups in total. The van der Waals surface area contributed by atoms with Crippen LogP contribution in [-0.2, 0) is 0 Å². The summed E-state index contributed by atoms with van der Waals surface area (Å²) < 4.78 is 0. The van der Waals surface area contributed by atoms with Crippen LogP contribution in [0.1, 0.15) is 44.6 Å². The van der Waals surface area contributed by atoms with E-state index in [0.717, 1.165) is 24.4 Å². The molecule has 0 bridgehead atoms. The van der Waals surface area contributed by atoms with Gasteiger partial charge in [-0.25, -0.2) is 0 Å². The number of nitrogens with one attached hydrogen (secondary N) is 1. The molecule has 0 radical (unpaired) electrons. The minimum atomic E-state index is -0.346. The van der Waals surface area contributed by atoms with Crippen molar-refractivity contribution in [1.82, 2.24) is 0 Å². The quantitative estimate of drug-likeness (QED) is 0.859. The zero-order valence-corrected chi connectivity index (χ0v) is 11.4. The highest BCUT2D eigenvalue weighted by Gasteiger charge is 2.34. The Kier molecular flexibility index (Phi) is 3.91. The molecular weight excluding hydrogens is 220 g/mol. The lowest BCUT2D eigenvalue weighted by atomic mass is 9.76. The smallest absolute Gasteiger partial charge is 0.125 e. The van der Waals surface area contributed by atoms with Gasteiger partial charge < -0.3 is 5.32 Å². The van der Waals surface area contributed by atoms with Gasteiger partial charge in [0.05, 0.1) is 6.07 Å². The van der Waals surface area contributed by atoms with Crippen molar-refractivity contribution in [3.05, 3.63) is 29.8 Å². The fourth-order valence-corrected chi connectivity index (χ4v) is 2.76. The number of hydrogen-bond acceptors (Lipinski definition) is 2. The van der Waals surface area contributed by atoms with Gasteiger partial charge in [-0.2, -0.15) is 5.26 Å². The van der Waals surface area contributed by atoms with E-state index in [1.165, 1.54) is 24.8 Å². The van der Waals surface area contributed by atoms with E-state index in [4.69, 9.17) is 0 Å². The number of aryl methyl sites for hydroxylation is 1. The number of benzene rings is 1. The van der Waals surface area contributed by atoms with Crippen LogP contribution in [0.3, 0.4) is 0 Å². The molecule has 18 heavy (non-hydrogen) atoms. The van der Waals surface area contributed by atoms with E-state index >= 15 is 0 Å². The standard InChI is InChI=1S/C16H22N2/c1-3-14-8-10-16(12-17,11-9-14)18-15-6-4-13(2)5-7-15/h4-7,14,18H,3,8-11H2,1-2H3. The first-order valence-corrected chi connectivity index (χ1v) is 6.93. The summed E-state index contributed by atoms with van der Waals surface area (Å²) in [7, 11) is 0. The molecule has 1 aromatic carbocycles. The topological polar surface area (TPSA) is 35.8 Å². The van der Waals surface area contributed by atoms with E-state index in [-0.39, 0.29) is 5.54 Å². The van der Waals surface area contributed by atoms with Crippen LogP contribution in [0.25, 0.3) is 0 Å². The van der Waals surface area contributed by atoms with Crippen LogP contribution in [0.15, 0.2) is 24.3 Å². The fourth-order valence-electron chi connectivity index (χ4n) is 2.76. The second-order valence-electron chi connectivity index (χ2n) is 5.54. The summed E-state index contributed by atoms with van der Waals surface area (Å²) in [5.74, 6) is 0.811. The monoisotopic (exact) mass is 242 g/mol. The lowest BCUT2D eigenvalue weighted by Crippen LogP contribution is -2.40. The maximum absolute atomic E-state index is 9.50. The van der Waals surface area contributed by atoms with Crippen molar-refractivity contribution in [1.29, 1.82) is 5.26 Å². The van der Waals surface area contributed by atoms with Gasteiger partial charge in [-0.1, -0.05) is 31.0 Å². The molecule has 1 aliphatic carbocycles. The summed E-state index contributed by atoms with van der Waals surface area (Å²) in [6.07, 6.45) is 5.52. The Morgan fingerprint density at radius 1 is 1.28 bits per heavy atom. The third-order valence-electron chi connectivity index (χ3n) is 4.19. The average Bonchev–Trinajstić information content (AvgIpc) is 2.42. The van der Waals surface area contributed by atoms with Gasteiger partial charge in [0.2, 0.25) is 0 Å². The van der Waals surface area contributed by atoms with E-state index in [0.29, 0.717) is 0 Å². The van der Waals surface area contributed by atoms with Crippen LogP contribution < -0.4 is 5.32 Å². The molecule has 0 unspecified atom stereocenters. The molecule has 0 amide bonds. The van der Waals surface area contributed by atoms with E-state index in [9.17, 15) is 5.26 Å². The fraction of sp³-hybridized carbons (Fsp3) is 0.562. The lowest BCUT2D eigenvalue weighted by molar-refractivity contribution is 0.290. The molecule has 0 atom stereocenters.